The molecule has 0 aromatic carbocycles. The van der Waals surface area contributed by atoms with Gasteiger partial charge in [-0.05, 0) is 13.8 Å². The first kappa shape index (κ1) is 28.4. The summed E-state index contributed by atoms with van der Waals surface area (Å²) < 4.78 is 1.78. The van der Waals surface area contributed by atoms with Crippen molar-refractivity contribution >= 4 is 57.8 Å². The number of nitrogens with zero attached hydrogens (tertiary/aromatic N) is 3. The van der Waals surface area contributed by atoms with Gasteiger partial charge in [-0.2, -0.15) is 0 Å². The number of hydrogen-bond acceptors (Lipinski definition) is 11. The van der Waals surface area contributed by atoms with Crippen LogP contribution in [0.3, 0.4) is 0 Å². The predicted octanol–water partition coefficient (Wildman–Crippen LogP) is -0.132. The minimum Gasteiger partial charge on any atom is -0.480 e. The minimum absolute atomic E-state index is 0.0622. The summed E-state index contributed by atoms with van der Waals surface area (Å²) in [4.78, 5) is 57.6. The van der Waals surface area contributed by atoms with Crippen molar-refractivity contribution in [3.63, 3.8) is 0 Å². The van der Waals surface area contributed by atoms with Crippen LogP contribution in [0.4, 0.5) is 5.13 Å². The number of anilines is 1. The molecule has 0 saturated carbocycles. The summed E-state index contributed by atoms with van der Waals surface area (Å²) >= 11 is 2.07. The number of nitrogens with two attached hydrogens (primary N) is 1. The van der Waals surface area contributed by atoms with Crippen molar-refractivity contribution in [3.8, 4) is 0 Å². The average Bonchev–Trinajstić information content (AvgIpc) is 3.29. The van der Waals surface area contributed by atoms with E-state index in [4.69, 9.17) is 10.6 Å². The normalized spacial score (nSPS) is 16.8. The molecule has 0 spiro atoms. The fraction of sp³-hybridized carbons (Fsp3) is 0.318. The van der Waals surface area contributed by atoms with Gasteiger partial charge in [-0.1, -0.05) is 11.2 Å². The third-order valence-electron chi connectivity index (χ3n) is 5.16. The maximum absolute atomic E-state index is 13.1. The van der Waals surface area contributed by atoms with Gasteiger partial charge in [0.05, 0.1) is 0 Å². The zero-order valence-electron chi connectivity index (χ0n) is 20.2. The van der Waals surface area contributed by atoms with Gasteiger partial charge >= 0.3 is 17.9 Å². The van der Waals surface area contributed by atoms with Crippen molar-refractivity contribution in [2.45, 2.75) is 37.4 Å². The van der Waals surface area contributed by atoms with Crippen LogP contribution in [0.15, 0.2) is 52.4 Å². The first-order valence-electron chi connectivity index (χ1n) is 10.9. The van der Waals surface area contributed by atoms with Gasteiger partial charge in [0, 0.05) is 28.8 Å². The number of hydrogen-bond donors (Lipinski definition) is 6. The molecule has 0 saturated heterocycles. The number of amides is 1. The second-order valence-electron chi connectivity index (χ2n) is 8.41. The van der Waals surface area contributed by atoms with Crippen molar-refractivity contribution in [1.29, 1.82) is 0 Å². The molecule has 1 amide bonds. The Hall–Kier alpha value is -4.18. The number of thiazole rings is 1. The zero-order valence-corrected chi connectivity index (χ0v) is 21.8. The van der Waals surface area contributed by atoms with E-state index in [9.17, 15) is 34.5 Å². The van der Waals surface area contributed by atoms with Crippen molar-refractivity contribution in [2.75, 3.05) is 11.5 Å². The Labute approximate surface area is 224 Å². The van der Waals surface area contributed by atoms with E-state index in [1.54, 1.807) is 29.1 Å². The van der Waals surface area contributed by atoms with Gasteiger partial charge in [0.1, 0.15) is 16.8 Å². The second-order valence-corrected chi connectivity index (χ2v) is 10.4. The number of carboxylic acid groups (broad SMARTS) is 3. The highest BCUT2D eigenvalue weighted by molar-refractivity contribution is 8.00. The number of aromatic nitrogens is 2. The van der Waals surface area contributed by atoms with E-state index in [-0.39, 0.29) is 28.8 Å². The van der Waals surface area contributed by atoms with E-state index in [2.05, 4.69) is 20.8 Å². The Balaban J connectivity index is 1.86. The average molecular weight is 566 g/mol. The molecule has 38 heavy (non-hydrogen) atoms. The molecule has 0 bridgehead atoms. The molecule has 2 aromatic heterocycles. The van der Waals surface area contributed by atoms with E-state index in [1.807, 2.05) is 6.07 Å². The molecule has 202 valence electrons. The molecular formula is C22H25N6O8S2+. The first-order valence-corrected chi connectivity index (χ1v) is 12.8. The summed E-state index contributed by atoms with van der Waals surface area (Å²) in [6, 6.07) is 3.79. The number of nitrogens with one attached hydrogen (secondary N) is 2. The number of carbonyl (C=O) groups is 4. The van der Waals surface area contributed by atoms with Gasteiger partial charge in [0.2, 0.25) is 5.60 Å². The summed E-state index contributed by atoms with van der Waals surface area (Å²) in [5.41, 5.74) is 3.62. The van der Waals surface area contributed by atoms with Gasteiger partial charge < -0.3 is 36.5 Å². The molecule has 1 aliphatic rings. The number of carbonyl (C=O) groups excluding carboxylic acids is 1. The molecular weight excluding hydrogens is 540 g/mol. The van der Waals surface area contributed by atoms with E-state index in [0.717, 1.165) is 23.1 Å². The molecule has 2 aromatic rings. The highest BCUT2D eigenvalue weighted by Gasteiger charge is 2.38. The molecule has 1 aliphatic heterocycles. The number of carboxylic acids is 3. The standard InChI is InChI=1S/C22H24N6O8S2/c1-22(2,20(34)35)36-27-14(12-10-38-21(23)24-12)16(29)25-15(19(32)33)17-26-13(18(30)31)11(9-37-17)8-28-6-4-3-5-7-28/h3-7,10,15,17,26H,8-9H2,1-2H3,(H5-,23,24,25,29,30,31,32,33,34,35)/p+1/b27-14-/t15-,17+/m0/s1. The molecule has 3 rings (SSSR count). The largest absolute Gasteiger partial charge is 0.480 e. The summed E-state index contributed by atoms with van der Waals surface area (Å²) in [5.74, 6) is -4.94. The van der Waals surface area contributed by atoms with Crippen molar-refractivity contribution < 1.29 is 43.9 Å². The van der Waals surface area contributed by atoms with Crippen LogP contribution in [0, 0.1) is 0 Å². The van der Waals surface area contributed by atoms with Crippen LogP contribution in [0.2, 0.25) is 0 Å². The highest BCUT2D eigenvalue weighted by Crippen LogP contribution is 2.25. The van der Waals surface area contributed by atoms with Gasteiger partial charge in [-0.25, -0.2) is 23.9 Å². The molecule has 14 nitrogen and oxygen atoms in total. The number of rotatable bonds is 11. The molecule has 0 aliphatic carbocycles. The molecule has 16 heteroatoms. The third kappa shape index (κ3) is 6.98. The van der Waals surface area contributed by atoms with Crippen LogP contribution < -0.4 is 20.9 Å². The molecule has 0 unspecified atom stereocenters. The lowest BCUT2D eigenvalue weighted by Gasteiger charge is -2.30. The smallest absolute Gasteiger partial charge is 0.352 e. The number of thioether (sulfide) groups is 1. The highest BCUT2D eigenvalue weighted by atomic mass is 32.2. The van der Waals surface area contributed by atoms with Crippen LogP contribution in [-0.4, -0.2) is 72.6 Å². The Morgan fingerprint density at radius 1 is 1.26 bits per heavy atom. The minimum atomic E-state index is -1.81. The van der Waals surface area contributed by atoms with Crippen LogP contribution in [0.25, 0.3) is 0 Å². The Morgan fingerprint density at radius 3 is 2.50 bits per heavy atom. The van der Waals surface area contributed by atoms with Gasteiger partial charge in [0.25, 0.3) is 5.91 Å². The van der Waals surface area contributed by atoms with E-state index < -0.39 is 46.5 Å². The second kappa shape index (κ2) is 11.9. The molecule has 0 fully saturated rings. The zero-order chi connectivity index (χ0) is 28.0. The predicted molar refractivity (Wildman–Crippen MR) is 136 cm³/mol. The lowest BCUT2D eigenvalue weighted by Crippen LogP contribution is -2.56. The monoisotopic (exact) mass is 565 g/mol. The summed E-state index contributed by atoms with van der Waals surface area (Å²) in [7, 11) is 0. The molecule has 0 radical (unpaired) electrons. The third-order valence-corrected chi connectivity index (χ3v) is 7.10. The van der Waals surface area contributed by atoms with E-state index >= 15 is 0 Å². The topological polar surface area (TPSA) is 217 Å². The SMILES string of the molecule is CC(C)(O/N=C(\C(=O)N[C@H](C(=O)O)[C@@H]1NC(C(=O)O)=C(C[n+]2ccccc2)CS1)c1csc(N)n1)C(=O)O. The number of oxime groups is 1. The Kier molecular flexibility index (Phi) is 8.90. The van der Waals surface area contributed by atoms with Gasteiger partial charge in [0.15, 0.2) is 35.8 Å². The van der Waals surface area contributed by atoms with E-state index in [0.29, 0.717) is 5.57 Å². The maximum Gasteiger partial charge on any atom is 0.352 e. The fourth-order valence-electron chi connectivity index (χ4n) is 3.10. The Bertz CT molecular complexity index is 1290. The van der Waals surface area contributed by atoms with E-state index in [1.165, 1.54) is 19.2 Å². The molecule has 2 atom stereocenters. The first-order chi connectivity index (χ1) is 17.9. The van der Waals surface area contributed by atoms with Crippen LogP contribution in [0.1, 0.15) is 19.5 Å². The summed E-state index contributed by atoms with van der Waals surface area (Å²) in [6.45, 7) is 2.67. The Morgan fingerprint density at radius 2 is 1.95 bits per heavy atom. The quantitative estimate of drug-likeness (QED) is 0.119. The number of aliphatic carboxylic acids is 3. The van der Waals surface area contributed by atoms with Crippen molar-refractivity contribution in [2.24, 2.45) is 5.16 Å². The molecule has 7 N–H and O–H groups in total. The molecule has 3 heterocycles. The van der Waals surface area contributed by atoms with Crippen molar-refractivity contribution in [3.05, 3.63) is 52.9 Å². The fourth-order valence-corrected chi connectivity index (χ4v) is 4.84. The van der Waals surface area contributed by atoms with Crippen molar-refractivity contribution in [1.82, 2.24) is 15.6 Å². The van der Waals surface area contributed by atoms with Crippen LogP contribution in [0.5, 0.6) is 0 Å². The lowest BCUT2D eigenvalue weighted by atomic mass is 10.1. The lowest BCUT2D eigenvalue weighted by molar-refractivity contribution is -0.689. The summed E-state index contributed by atoms with van der Waals surface area (Å²) in [5, 5.41) is 38.0. The van der Waals surface area contributed by atoms with Crippen LogP contribution >= 0.6 is 23.1 Å². The van der Waals surface area contributed by atoms with Gasteiger partial charge in [-0.15, -0.1) is 23.1 Å². The maximum atomic E-state index is 13.1. The number of nitrogen functional groups attached to an aromatic ring is 1. The summed E-state index contributed by atoms with van der Waals surface area (Å²) in [6.07, 6.45) is 3.53. The van der Waals surface area contributed by atoms with Crippen LogP contribution in [-0.2, 0) is 30.6 Å². The van der Waals surface area contributed by atoms with Gasteiger partial charge in [-0.3, -0.25) is 4.79 Å². The number of pyridine rings is 1.